The van der Waals surface area contributed by atoms with Gasteiger partial charge in [-0.3, -0.25) is 9.59 Å². The maximum absolute atomic E-state index is 12.8. The Kier molecular flexibility index (Phi) is 5.36. The number of hydrogen-bond donors (Lipinski definition) is 1. The van der Waals surface area contributed by atoms with Crippen molar-refractivity contribution in [3.8, 4) is 0 Å². The van der Waals surface area contributed by atoms with Crippen LogP contribution in [0.5, 0.6) is 0 Å². The summed E-state index contributed by atoms with van der Waals surface area (Å²) in [4.78, 5) is 30.6. The fraction of sp³-hybridized carbons (Fsp3) is 0.526. The molecule has 25 heavy (non-hydrogen) atoms. The molecule has 1 heterocycles. The number of likely N-dealkylation sites (N-methyl/N-ethyl adjacent to an activating group) is 1. The van der Waals surface area contributed by atoms with Gasteiger partial charge in [-0.05, 0) is 25.0 Å². The topological polar surface area (TPSA) is 67.2 Å². The number of rotatable bonds is 5. The van der Waals surface area contributed by atoms with E-state index in [-0.39, 0.29) is 18.4 Å². The van der Waals surface area contributed by atoms with Crippen molar-refractivity contribution in [2.45, 2.75) is 58.2 Å². The van der Waals surface area contributed by atoms with Gasteiger partial charge in [0.15, 0.2) is 0 Å². The number of nitrogens with zero attached hydrogens (tertiary/aromatic N) is 3. The molecule has 0 radical (unpaired) electrons. The summed E-state index contributed by atoms with van der Waals surface area (Å²) in [7, 11) is 1.91. The lowest BCUT2D eigenvalue weighted by Gasteiger charge is -2.31. The molecule has 134 valence electrons. The average molecular weight is 342 g/mol. The van der Waals surface area contributed by atoms with Gasteiger partial charge in [-0.25, -0.2) is 4.98 Å². The van der Waals surface area contributed by atoms with Gasteiger partial charge in [0.2, 0.25) is 11.8 Å². The minimum Gasteiger partial charge on any atom is -0.349 e. The summed E-state index contributed by atoms with van der Waals surface area (Å²) in [5.41, 5.74) is 1.77. The standard InChI is InChI=1S/C19H26N4O2/c1-14(24)20-12-18-21-16-10-6-7-11-17(16)23(18)13-19(25)22(2)15-8-4-3-5-9-15/h6-7,10-11,15H,3-5,8-9,12-13H2,1-2H3,(H,20,24). The lowest BCUT2D eigenvalue weighted by atomic mass is 9.94. The lowest BCUT2D eigenvalue weighted by Crippen LogP contribution is -2.40. The first kappa shape index (κ1) is 17.5. The molecule has 0 saturated heterocycles. The Balaban J connectivity index is 1.81. The third-order valence-corrected chi connectivity index (χ3v) is 5.04. The molecule has 1 fully saturated rings. The van der Waals surface area contributed by atoms with E-state index in [2.05, 4.69) is 10.3 Å². The summed E-state index contributed by atoms with van der Waals surface area (Å²) in [6, 6.07) is 8.11. The van der Waals surface area contributed by atoms with E-state index in [4.69, 9.17) is 0 Å². The molecule has 1 saturated carbocycles. The van der Waals surface area contributed by atoms with Crippen molar-refractivity contribution in [1.29, 1.82) is 0 Å². The van der Waals surface area contributed by atoms with Crippen LogP contribution in [-0.2, 0) is 22.7 Å². The molecule has 0 atom stereocenters. The number of benzene rings is 1. The monoisotopic (exact) mass is 342 g/mol. The third-order valence-electron chi connectivity index (χ3n) is 5.04. The molecule has 1 aliphatic carbocycles. The predicted octanol–water partition coefficient (Wildman–Crippen LogP) is 2.46. The summed E-state index contributed by atoms with van der Waals surface area (Å²) in [5, 5.41) is 2.78. The quantitative estimate of drug-likeness (QED) is 0.908. The number of para-hydroxylation sites is 2. The molecule has 1 aromatic carbocycles. The first-order valence-corrected chi connectivity index (χ1v) is 9.00. The van der Waals surface area contributed by atoms with Crippen LogP contribution in [-0.4, -0.2) is 39.4 Å². The highest BCUT2D eigenvalue weighted by molar-refractivity contribution is 5.81. The molecule has 1 aromatic heterocycles. The maximum atomic E-state index is 12.8. The highest BCUT2D eigenvalue weighted by Gasteiger charge is 2.23. The zero-order valence-electron chi connectivity index (χ0n) is 15.0. The van der Waals surface area contributed by atoms with Crippen LogP contribution in [0.15, 0.2) is 24.3 Å². The van der Waals surface area contributed by atoms with Crippen molar-refractivity contribution < 1.29 is 9.59 Å². The molecule has 1 N–H and O–H groups in total. The number of imidazole rings is 1. The number of aromatic nitrogens is 2. The van der Waals surface area contributed by atoms with Crippen LogP contribution in [0.4, 0.5) is 0 Å². The molecule has 2 amide bonds. The molecule has 3 rings (SSSR count). The first-order chi connectivity index (χ1) is 12.1. The molecule has 6 nitrogen and oxygen atoms in total. The van der Waals surface area contributed by atoms with Crippen LogP contribution in [0.3, 0.4) is 0 Å². The number of carbonyl (C=O) groups is 2. The predicted molar refractivity (Wildman–Crippen MR) is 96.9 cm³/mol. The van der Waals surface area contributed by atoms with Gasteiger partial charge in [-0.1, -0.05) is 31.4 Å². The third kappa shape index (κ3) is 4.00. The van der Waals surface area contributed by atoms with Gasteiger partial charge < -0.3 is 14.8 Å². The van der Waals surface area contributed by atoms with E-state index < -0.39 is 0 Å². The largest absolute Gasteiger partial charge is 0.349 e. The summed E-state index contributed by atoms with van der Waals surface area (Å²) in [6.07, 6.45) is 5.84. The Morgan fingerprint density at radius 1 is 1.24 bits per heavy atom. The smallest absolute Gasteiger partial charge is 0.242 e. The lowest BCUT2D eigenvalue weighted by molar-refractivity contribution is -0.133. The van der Waals surface area contributed by atoms with Crippen molar-refractivity contribution in [2.75, 3.05) is 7.05 Å². The Morgan fingerprint density at radius 2 is 1.96 bits per heavy atom. The minimum absolute atomic E-state index is 0.0964. The molecule has 0 aliphatic heterocycles. The number of carbonyl (C=O) groups excluding carboxylic acids is 2. The first-order valence-electron chi connectivity index (χ1n) is 9.00. The van der Waals surface area contributed by atoms with Crippen LogP contribution in [0.1, 0.15) is 44.9 Å². The summed E-state index contributed by atoms with van der Waals surface area (Å²) in [6.45, 7) is 2.06. The van der Waals surface area contributed by atoms with Gasteiger partial charge in [0.1, 0.15) is 12.4 Å². The minimum atomic E-state index is -0.107. The Labute approximate surface area is 148 Å². The highest BCUT2D eigenvalue weighted by Crippen LogP contribution is 2.22. The second-order valence-corrected chi connectivity index (χ2v) is 6.81. The number of nitrogens with one attached hydrogen (secondary N) is 1. The van der Waals surface area contributed by atoms with E-state index in [0.717, 1.165) is 23.9 Å². The molecule has 0 bridgehead atoms. The zero-order valence-corrected chi connectivity index (χ0v) is 15.0. The van der Waals surface area contributed by atoms with E-state index in [1.807, 2.05) is 40.8 Å². The second kappa shape index (κ2) is 7.68. The molecule has 2 aromatic rings. The second-order valence-electron chi connectivity index (χ2n) is 6.81. The maximum Gasteiger partial charge on any atom is 0.242 e. The Hall–Kier alpha value is -2.37. The van der Waals surface area contributed by atoms with Gasteiger partial charge in [-0.15, -0.1) is 0 Å². The molecule has 6 heteroatoms. The van der Waals surface area contributed by atoms with E-state index in [1.54, 1.807) is 0 Å². The zero-order chi connectivity index (χ0) is 17.8. The van der Waals surface area contributed by atoms with Crippen LogP contribution in [0.25, 0.3) is 11.0 Å². The van der Waals surface area contributed by atoms with E-state index in [0.29, 0.717) is 18.4 Å². The van der Waals surface area contributed by atoms with Gasteiger partial charge in [0.05, 0.1) is 17.6 Å². The molecule has 0 spiro atoms. The van der Waals surface area contributed by atoms with Crippen molar-refractivity contribution >= 4 is 22.8 Å². The molecular formula is C19H26N4O2. The van der Waals surface area contributed by atoms with Gasteiger partial charge in [0.25, 0.3) is 0 Å². The van der Waals surface area contributed by atoms with Crippen molar-refractivity contribution in [3.05, 3.63) is 30.1 Å². The number of hydrogen-bond acceptors (Lipinski definition) is 3. The Bertz CT molecular complexity index is 762. The fourth-order valence-corrected chi connectivity index (χ4v) is 3.56. The summed E-state index contributed by atoms with van der Waals surface area (Å²) >= 11 is 0. The molecule has 0 unspecified atom stereocenters. The summed E-state index contributed by atoms with van der Waals surface area (Å²) in [5.74, 6) is 0.699. The normalized spacial score (nSPS) is 15.3. The van der Waals surface area contributed by atoms with Crippen LogP contribution in [0.2, 0.25) is 0 Å². The van der Waals surface area contributed by atoms with Crippen LogP contribution in [0, 0.1) is 0 Å². The van der Waals surface area contributed by atoms with E-state index in [9.17, 15) is 9.59 Å². The van der Waals surface area contributed by atoms with Crippen LogP contribution < -0.4 is 5.32 Å². The SMILES string of the molecule is CC(=O)NCc1nc2ccccc2n1CC(=O)N(C)C1CCCCC1. The van der Waals surface area contributed by atoms with E-state index >= 15 is 0 Å². The van der Waals surface area contributed by atoms with Crippen molar-refractivity contribution in [3.63, 3.8) is 0 Å². The average Bonchev–Trinajstić information content (AvgIpc) is 2.97. The van der Waals surface area contributed by atoms with Crippen LogP contribution >= 0.6 is 0 Å². The molecule has 1 aliphatic rings. The summed E-state index contributed by atoms with van der Waals surface area (Å²) < 4.78 is 1.92. The van der Waals surface area contributed by atoms with E-state index in [1.165, 1.54) is 26.2 Å². The highest BCUT2D eigenvalue weighted by atomic mass is 16.2. The fourth-order valence-electron chi connectivity index (χ4n) is 3.56. The van der Waals surface area contributed by atoms with Crippen molar-refractivity contribution in [1.82, 2.24) is 19.8 Å². The van der Waals surface area contributed by atoms with Gasteiger partial charge >= 0.3 is 0 Å². The Morgan fingerprint density at radius 3 is 2.68 bits per heavy atom. The van der Waals surface area contributed by atoms with Gasteiger partial charge in [0, 0.05) is 20.0 Å². The van der Waals surface area contributed by atoms with Gasteiger partial charge in [-0.2, -0.15) is 0 Å². The van der Waals surface area contributed by atoms with Crippen molar-refractivity contribution in [2.24, 2.45) is 0 Å². The number of amides is 2. The number of fused-ring (bicyclic) bond motifs is 1. The molecular weight excluding hydrogens is 316 g/mol.